The van der Waals surface area contributed by atoms with Gasteiger partial charge in [-0.3, -0.25) is 28.9 Å². The second kappa shape index (κ2) is 37.8. The molecular weight excluding hydrogens is 1290 g/mol. The van der Waals surface area contributed by atoms with Gasteiger partial charge in [0.05, 0.1) is 37.9 Å². The Balaban J connectivity index is 0.843. The van der Waals surface area contributed by atoms with Crippen LogP contribution < -0.4 is 20.9 Å². The van der Waals surface area contributed by atoms with Gasteiger partial charge in [0.1, 0.15) is 36.2 Å². The molecule has 1 saturated carbocycles. The maximum absolute atomic E-state index is 14.7. The number of aliphatic hydroxyl groups excluding tert-OH is 2. The van der Waals surface area contributed by atoms with Crippen molar-refractivity contribution in [3.63, 3.8) is 0 Å². The molecule has 552 valence electrons. The lowest BCUT2D eigenvalue weighted by atomic mass is 9.80. The summed E-state index contributed by atoms with van der Waals surface area (Å²) in [6, 6.07) is -2.25. The number of cyclic esters (lactones) is 1. The van der Waals surface area contributed by atoms with E-state index in [-0.39, 0.29) is 55.7 Å². The number of nitrogens with one attached hydrogen (secondary N) is 1. The Hall–Kier alpha value is -6.95. The summed E-state index contributed by atoms with van der Waals surface area (Å²) < 4.78 is 36.0. The molecular formula is C73H109N11O16. The van der Waals surface area contributed by atoms with Crippen LogP contribution in [0.2, 0.25) is 0 Å². The molecule has 1 aliphatic carbocycles. The molecule has 0 aromatic carbocycles. The van der Waals surface area contributed by atoms with Crippen molar-refractivity contribution in [3.05, 3.63) is 83.5 Å². The Morgan fingerprint density at radius 1 is 0.750 bits per heavy atom. The van der Waals surface area contributed by atoms with Crippen molar-refractivity contribution in [2.45, 2.75) is 199 Å². The van der Waals surface area contributed by atoms with Crippen LogP contribution in [-0.4, -0.2) is 245 Å². The van der Waals surface area contributed by atoms with E-state index in [9.17, 15) is 48.9 Å². The molecule has 7 heterocycles. The van der Waals surface area contributed by atoms with Crippen LogP contribution in [0.5, 0.6) is 0 Å². The van der Waals surface area contributed by atoms with Gasteiger partial charge >= 0.3 is 12.1 Å². The zero-order valence-corrected chi connectivity index (χ0v) is 60.0. The molecule has 15 atom stereocenters. The molecule has 0 unspecified atom stereocenters. The van der Waals surface area contributed by atoms with Crippen LogP contribution in [0.4, 0.5) is 16.7 Å². The van der Waals surface area contributed by atoms with Crippen molar-refractivity contribution in [2.75, 3.05) is 103 Å². The Morgan fingerprint density at radius 3 is 2.11 bits per heavy atom. The number of hydrogen-bond acceptors (Lipinski definition) is 24. The highest BCUT2D eigenvalue weighted by atomic mass is 16.6. The molecule has 2 aromatic heterocycles. The molecule has 27 nitrogen and oxygen atoms in total. The summed E-state index contributed by atoms with van der Waals surface area (Å²) in [6.07, 6.45) is 14.0. The number of esters is 1. The van der Waals surface area contributed by atoms with E-state index < -0.39 is 120 Å². The molecule has 2 bridgehead atoms. The Kier molecular flexibility index (Phi) is 29.8. The van der Waals surface area contributed by atoms with E-state index in [1.807, 2.05) is 73.3 Å². The molecule has 2 aromatic rings. The smallest absolute Gasteiger partial charge is 0.407 e. The van der Waals surface area contributed by atoms with Crippen LogP contribution in [0, 0.1) is 36.5 Å². The average molecular weight is 1400 g/mol. The zero-order chi connectivity index (χ0) is 72.2. The third kappa shape index (κ3) is 21.8. The average Bonchev–Trinajstić information content (AvgIpc) is 0.773. The number of piperazine rings is 2. The first-order valence-corrected chi connectivity index (χ1v) is 35.9. The minimum absolute atomic E-state index is 0.00137. The van der Waals surface area contributed by atoms with E-state index >= 15 is 0 Å². The Bertz CT molecular complexity index is 3170. The highest BCUT2D eigenvalue weighted by molar-refractivity contribution is 6.39. The number of anilines is 2. The Labute approximate surface area is 588 Å². The van der Waals surface area contributed by atoms with Crippen molar-refractivity contribution >= 4 is 53.1 Å². The molecule has 8 rings (SSSR count). The number of rotatable bonds is 16. The molecule has 5 fully saturated rings. The van der Waals surface area contributed by atoms with Crippen molar-refractivity contribution in [2.24, 2.45) is 35.3 Å². The van der Waals surface area contributed by atoms with Crippen LogP contribution in [0.25, 0.3) is 0 Å². The fraction of sp³-hybridized carbons (Fsp3) is 0.685. The number of ketones is 3. The lowest BCUT2D eigenvalue weighted by Crippen LogP contribution is -2.61. The summed E-state index contributed by atoms with van der Waals surface area (Å²) in [5.74, 6) is -7.96. The number of fused-ring (bicyclic) bond motifs is 3. The maximum atomic E-state index is 14.7. The predicted molar refractivity (Wildman–Crippen MR) is 372 cm³/mol. The van der Waals surface area contributed by atoms with E-state index in [1.165, 1.54) is 20.1 Å². The van der Waals surface area contributed by atoms with E-state index in [4.69, 9.17) is 34.2 Å². The van der Waals surface area contributed by atoms with Crippen molar-refractivity contribution in [1.82, 2.24) is 40.0 Å². The van der Waals surface area contributed by atoms with Gasteiger partial charge in [-0.15, -0.1) is 0 Å². The summed E-state index contributed by atoms with van der Waals surface area (Å²) >= 11 is 0. The van der Waals surface area contributed by atoms with Crippen LogP contribution in [0.1, 0.15) is 136 Å². The number of nitrogens with two attached hydrogens (primary N) is 1. The first-order valence-electron chi connectivity index (χ1n) is 35.9. The molecule has 0 spiro atoms. The van der Waals surface area contributed by atoms with E-state index in [2.05, 4.69) is 35.1 Å². The van der Waals surface area contributed by atoms with Gasteiger partial charge in [0.2, 0.25) is 23.6 Å². The number of Topliss-reactive ketones (excluding diaryl/α,β-unsaturated/α-hetero) is 3. The number of aromatic nitrogens is 4. The molecule has 4 saturated heterocycles. The van der Waals surface area contributed by atoms with Gasteiger partial charge in [0.15, 0.2) is 5.78 Å². The minimum Gasteiger partial charge on any atom is -0.459 e. The van der Waals surface area contributed by atoms with Crippen molar-refractivity contribution in [1.29, 1.82) is 0 Å². The van der Waals surface area contributed by atoms with E-state index in [0.29, 0.717) is 109 Å². The topological polar surface area (TPSA) is 341 Å². The number of allylic oxidation sites excluding steroid dienone is 6. The van der Waals surface area contributed by atoms with E-state index in [1.54, 1.807) is 40.3 Å². The highest BCUT2D eigenvalue weighted by Gasteiger charge is 2.53. The SMILES string of the molecule is CO[C@H]1C[C@@H]2CC[C@@H](C)[C@@](O)(O2)C(=O)C(=O)N2CCCC[C@H]2C(=O)O[C@H]([C@H](N)C[C@@H]2CC[C@@H](OC(=O)NCc3cnc(N4CCN(C(=O)CCOCCN5CCN(c6ncc(C)cn6)CC5)CC4)nc3)[C@H](OC)C2)CC(=O)[C@H](C)/C=C(\C)[C@@H](O)[C@@H](O)C(=O)[C@H](C)C[C@H](C)/C=C/C=C/C=C/1C. The highest BCUT2D eigenvalue weighted by Crippen LogP contribution is 2.38. The second-order valence-electron chi connectivity index (χ2n) is 28.3. The number of carbonyl (C=O) groups excluding carboxylic acids is 7. The maximum Gasteiger partial charge on any atom is 0.407 e. The molecule has 100 heavy (non-hydrogen) atoms. The lowest BCUT2D eigenvalue weighted by molar-refractivity contribution is -0.265. The fourth-order valence-electron chi connectivity index (χ4n) is 14.2. The van der Waals surface area contributed by atoms with Crippen LogP contribution >= 0.6 is 0 Å². The number of aliphatic hydroxyl groups is 3. The summed E-state index contributed by atoms with van der Waals surface area (Å²) in [4.78, 5) is 125. The van der Waals surface area contributed by atoms with Gasteiger partial charge in [-0.1, -0.05) is 64.2 Å². The number of ether oxygens (including phenoxy) is 6. The predicted octanol–water partition coefficient (Wildman–Crippen LogP) is 4.92. The quantitative estimate of drug-likeness (QED) is 0.0644. The minimum atomic E-state index is -2.51. The molecule has 6 N–H and O–H groups in total. The second-order valence-corrected chi connectivity index (χ2v) is 28.3. The zero-order valence-electron chi connectivity index (χ0n) is 60.0. The molecule has 6 aliphatic rings. The number of hydrogen-bond donors (Lipinski definition) is 5. The summed E-state index contributed by atoms with van der Waals surface area (Å²) in [5.41, 5.74) is 9.72. The third-order valence-electron chi connectivity index (χ3n) is 20.7. The van der Waals surface area contributed by atoms with Gasteiger partial charge in [0.25, 0.3) is 11.7 Å². The normalized spacial score (nSPS) is 32.3. The van der Waals surface area contributed by atoms with Crippen LogP contribution in [-0.2, 0) is 63.7 Å². The number of amides is 3. The summed E-state index contributed by atoms with van der Waals surface area (Å²) in [7, 11) is 3.07. The number of carbonyl (C=O) groups is 7. The van der Waals surface area contributed by atoms with Crippen molar-refractivity contribution in [3.8, 4) is 0 Å². The number of aryl methyl sites for hydroxylation is 1. The first-order chi connectivity index (χ1) is 47.8. The number of nitrogens with zero attached hydrogens (tertiary/aromatic N) is 9. The summed E-state index contributed by atoms with van der Waals surface area (Å²) in [5, 5.41) is 37.4. The van der Waals surface area contributed by atoms with Gasteiger partial charge in [-0.05, 0) is 114 Å². The fourth-order valence-corrected chi connectivity index (χ4v) is 14.2. The molecule has 3 amide bonds. The molecule has 0 radical (unpaired) electrons. The number of methoxy groups -OCH3 is 2. The van der Waals surface area contributed by atoms with Gasteiger partial charge in [-0.25, -0.2) is 29.5 Å². The largest absolute Gasteiger partial charge is 0.459 e. The van der Waals surface area contributed by atoms with Gasteiger partial charge in [0, 0.05) is 153 Å². The van der Waals surface area contributed by atoms with Gasteiger partial charge in [-0.2, -0.15) is 0 Å². The number of alkyl carbamates (subject to hydrolysis) is 1. The number of piperidine rings is 1. The lowest BCUT2D eigenvalue weighted by Gasteiger charge is -2.42. The first kappa shape index (κ1) is 78.8. The Morgan fingerprint density at radius 2 is 1.43 bits per heavy atom. The summed E-state index contributed by atoms with van der Waals surface area (Å²) in [6.45, 7) is 19.7. The molecule has 27 heteroatoms. The standard InChI is InChI=1S/C73H109N11O16/c1-46-15-11-10-12-16-48(3)60(95-8)39-55-20-18-52(7)73(94,100-55)67(90)68(91)84-23-14-13-17-57(84)69(92)98-61(40-58(85)49(4)36-51(6)65(88)66(89)64(87)50(5)35-46)56(74)37-53-19-21-59(62(38-53)96-9)99-72(93)79-45-54-43-77-71(78-44-54)83-30-28-81(29-31-83)63(86)22-33-97-34-32-80-24-26-82(27-25-80)70-75-41-47(2)42-76-70/h10-12,15-16,36,41-44,46,49-50,52-53,55-57,59-62,65-66,88-89,94H,13-14,17-35,37-40,45,74H2,1-9H3,(H,79,93)/b12-10+,15-11+,48-16+,51-36+/t46-,49-,50-,52-,53+,55+,56-,57+,59-,60+,61+,62-,65-,66+,73-/m1/s1. The van der Waals surface area contributed by atoms with Gasteiger partial charge < -0.3 is 74.4 Å². The van der Waals surface area contributed by atoms with Crippen LogP contribution in [0.3, 0.4) is 0 Å². The van der Waals surface area contributed by atoms with Crippen molar-refractivity contribution < 1.29 is 77.3 Å². The third-order valence-corrected chi connectivity index (χ3v) is 20.7. The molecule has 5 aliphatic heterocycles. The van der Waals surface area contributed by atoms with E-state index in [0.717, 1.165) is 54.7 Å². The van der Waals surface area contributed by atoms with Crippen LogP contribution in [0.15, 0.2) is 72.4 Å². The monoisotopic (exact) mass is 1400 g/mol.